The first kappa shape index (κ1) is 17.0. The second-order valence-electron chi connectivity index (χ2n) is 6.26. The van der Waals surface area contributed by atoms with Crippen LogP contribution in [0.5, 0.6) is 0 Å². The lowest BCUT2D eigenvalue weighted by atomic mass is 10.0. The smallest absolute Gasteiger partial charge is 0.00670 e. The maximum Gasteiger partial charge on any atom is 0.00670 e. The Morgan fingerprint density at radius 1 is 0.684 bits per heavy atom. The summed E-state index contributed by atoms with van der Waals surface area (Å²) < 4.78 is 0. The molecule has 1 rings (SSSR count). The lowest BCUT2D eigenvalue weighted by molar-refractivity contribution is 0.415. The van der Waals surface area contributed by atoms with Crippen molar-refractivity contribution in [1.82, 2.24) is 5.32 Å². The molecule has 0 bridgehead atoms. The van der Waals surface area contributed by atoms with Gasteiger partial charge in [-0.1, -0.05) is 64.2 Å². The maximum atomic E-state index is 5.52. The Labute approximate surface area is 120 Å². The second kappa shape index (κ2) is 12.9. The molecule has 19 heavy (non-hydrogen) atoms. The molecule has 1 aliphatic carbocycles. The van der Waals surface area contributed by atoms with E-state index in [1.165, 1.54) is 96.4 Å². The van der Waals surface area contributed by atoms with Gasteiger partial charge in [0.1, 0.15) is 0 Å². The molecule has 2 heteroatoms. The molecule has 3 N–H and O–H groups in total. The molecule has 0 aromatic heterocycles. The highest BCUT2D eigenvalue weighted by Crippen LogP contribution is 2.17. The zero-order valence-corrected chi connectivity index (χ0v) is 13.0. The minimum atomic E-state index is 0.799. The van der Waals surface area contributed by atoms with E-state index in [2.05, 4.69) is 5.32 Å². The molecule has 0 heterocycles. The van der Waals surface area contributed by atoms with Crippen molar-refractivity contribution in [1.29, 1.82) is 0 Å². The van der Waals surface area contributed by atoms with Crippen LogP contribution in [0.2, 0.25) is 0 Å². The second-order valence-corrected chi connectivity index (χ2v) is 6.26. The normalized spacial score (nSPS) is 20.1. The topological polar surface area (TPSA) is 38.0 Å². The fourth-order valence-electron chi connectivity index (χ4n) is 3.12. The van der Waals surface area contributed by atoms with Crippen LogP contribution in [-0.4, -0.2) is 19.1 Å². The first-order chi connectivity index (χ1) is 9.43. The molecule has 2 nitrogen and oxygen atoms in total. The van der Waals surface area contributed by atoms with Gasteiger partial charge in [-0.15, -0.1) is 0 Å². The van der Waals surface area contributed by atoms with Gasteiger partial charge < -0.3 is 11.1 Å². The summed E-state index contributed by atoms with van der Waals surface area (Å²) in [5.41, 5.74) is 5.52. The number of nitrogens with two attached hydrogens (primary N) is 1. The van der Waals surface area contributed by atoms with E-state index in [9.17, 15) is 0 Å². The molecular formula is C17H36N2. The van der Waals surface area contributed by atoms with Crippen molar-refractivity contribution in [3.8, 4) is 0 Å². The minimum absolute atomic E-state index is 0.799. The highest BCUT2D eigenvalue weighted by atomic mass is 14.9. The van der Waals surface area contributed by atoms with E-state index in [-0.39, 0.29) is 0 Å². The van der Waals surface area contributed by atoms with E-state index in [1.54, 1.807) is 0 Å². The predicted molar refractivity (Wildman–Crippen MR) is 85.5 cm³/mol. The summed E-state index contributed by atoms with van der Waals surface area (Å²) in [5.74, 6) is 0. The molecule has 0 aromatic rings. The summed E-state index contributed by atoms with van der Waals surface area (Å²) in [7, 11) is 0. The molecule has 0 amide bonds. The van der Waals surface area contributed by atoms with Crippen LogP contribution in [0, 0.1) is 0 Å². The Morgan fingerprint density at radius 2 is 1.21 bits per heavy atom. The van der Waals surface area contributed by atoms with Crippen LogP contribution in [0.1, 0.15) is 89.9 Å². The monoisotopic (exact) mass is 268 g/mol. The lowest BCUT2D eigenvalue weighted by Crippen LogP contribution is -2.30. The number of hydrogen-bond acceptors (Lipinski definition) is 2. The average Bonchev–Trinajstić information content (AvgIpc) is 2.48. The van der Waals surface area contributed by atoms with Crippen LogP contribution in [0.4, 0.5) is 0 Å². The number of unbranched alkanes of at least 4 members (excludes halogenated alkanes) is 3. The summed E-state index contributed by atoms with van der Waals surface area (Å²) in [6.45, 7) is 2.07. The zero-order chi connectivity index (χ0) is 13.6. The van der Waals surface area contributed by atoms with Gasteiger partial charge >= 0.3 is 0 Å². The highest BCUT2D eigenvalue weighted by molar-refractivity contribution is 4.68. The van der Waals surface area contributed by atoms with Crippen molar-refractivity contribution in [3.05, 3.63) is 0 Å². The van der Waals surface area contributed by atoms with Crippen LogP contribution < -0.4 is 11.1 Å². The van der Waals surface area contributed by atoms with Crippen molar-refractivity contribution in [2.24, 2.45) is 5.73 Å². The molecule has 0 radical (unpaired) electrons. The number of hydrogen-bond donors (Lipinski definition) is 2. The SMILES string of the molecule is NCCCCCCNC1CCCCCCCCCC1. The fourth-order valence-corrected chi connectivity index (χ4v) is 3.12. The first-order valence-electron chi connectivity index (χ1n) is 8.87. The number of nitrogens with one attached hydrogen (secondary N) is 1. The summed E-state index contributed by atoms with van der Waals surface area (Å²) in [5, 5.41) is 3.80. The van der Waals surface area contributed by atoms with Crippen LogP contribution in [-0.2, 0) is 0 Å². The van der Waals surface area contributed by atoms with E-state index in [0.717, 1.165) is 12.6 Å². The average molecular weight is 268 g/mol. The Balaban J connectivity index is 2.06. The Morgan fingerprint density at radius 3 is 1.79 bits per heavy atom. The lowest BCUT2D eigenvalue weighted by Gasteiger charge is -2.18. The van der Waals surface area contributed by atoms with Gasteiger partial charge in [-0.3, -0.25) is 0 Å². The molecule has 0 spiro atoms. The quantitative estimate of drug-likeness (QED) is 0.673. The molecule has 1 aliphatic rings. The highest BCUT2D eigenvalue weighted by Gasteiger charge is 2.08. The van der Waals surface area contributed by atoms with Crippen LogP contribution in [0.25, 0.3) is 0 Å². The molecular weight excluding hydrogens is 232 g/mol. The van der Waals surface area contributed by atoms with Crippen LogP contribution in [0.15, 0.2) is 0 Å². The van der Waals surface area contributed by atoms with Crippen LogP contribution >= 0.6 is 0 Å². The zero-order valence-electron chi connectivity index (χ0n) is 13.0. The van der Waals surface area contributed by atoms with Gasteiger partial charge in [0, 0.05) is 6.04 Å². The van der Waals surface area contributed by atoms with Crippen molar-refractivity contribution in [3.63, 3.8) is 0 Å². The van der Waals surface area contributed by atoms with E-state index in [1.807, 2.05) is 0 Å². The number of rotatable bonds is 7. The largest absolute Gasteiger partial charge is 0.330 e. The van der Waals surface area contributed by atoms with Crippen LogP contribution in [0.3, 0.4) is 0 Å². The molecule has 0 aliphatic heterocycles. The minimum Gasteiger partial charge on any atom is -0.330 e. The van der Waals surface area contributed by atoms with E-state index in [4.69, 9.17) is 5.73 Å². The molecule has 0 saturated heterocycles. The van der Waals surface area contributed by atoms with Gasteiger partial charge in [-0.2, -0.15) is 0 Å². The van der Waals surface area contributed by atoms with Gasteiger partial charge in [-0.05, 0) is 38.8 Å². The summed E-state index contributed by atoms with van der Waals surface area (Å²) in [6.07, 6.45) is 19.6. The van der Waals surface area contributed by atoms with Crippen molar-refractivity contribution < 1.29 is 0 Å². The fraction of sp³-hybridized carbons (Fsp3) is 1.00. The third kappa shape index (κ3) is 10.4. The Bertz CT molecular complexity index is 170. The van der Waals surface area contributed by atoms with Crippen molar-refractivity contribution >= 4 is 0 Å². The predicted octanol–water partition coefficient (Wildman–Crippen LogP) is 4.38. The van der Waals surface area contributed by atoms with Crippen molar-refractivity contribution in [2.45, 2.75) is 95.9 Å². The van der Waals surface area contributed by atoms with Crippen molar-refractivity contribution in [2.75, 3.05) is 13.1 Å². The van der Waals surface area contributed by atoms with Gasteiger partial charge in [-0.25, -0.2) is 0 Å². The third-order valence-electron chi connectivity index (χ3n) is 4.42. The summed E-state index contributed by atoms with van der Waals surface area (Å²) in [4.78, 5) is 0. The molecule has 114 valence electrons. The van der Waals surface area contributed by atoms with E-state index in [0.29, 0.717) is 0 Å². The van der Waals surface area contributed by atoms with Gasteiger partial charge in [0.15, 0.2) is 0 Å². The summed E-state index contributed by atoms with van der Waals surface area (Å²) in [6, 6.07) is 0.799. The molecule has 0 atom stereocenters. The summed E-state index contributed by atoms with van der Waals surface area (Å²) >= 11 is 0. The first-order valence-corrected chi connectivity index (χ1v) is 8.87. The van der Waals surface area contributed by atoms with E-state index >= 15 is 0 Å². The standard InChI is InChI=1S/C17H36N2/c18-15-11-7-8-12-16-19-17-13-9-5-3-1-2-4-6-10-14-17/h17,19H,1-16,18H2. The third-order valence-corrected chi connectivity index (χ3v) is 4.42. The molecule has 1 saturated carbocycles. The van der Waals surface area contributed by atoms with Gasteiger partial charge in [0.25, 0.3) is 0 Å². The molecule has 0 unspecified atom stereocenters. The maximum absolute atomic E-state index is 5.52. The van der Waals surface area contributed by atoms with E-state index < -0.39 is 0 Å². The molecule has 0 aromatic carbocycles. The van der Waals surface area contributed by atoms with Gasteiger partial charge in [0.05, 0.1) is 0 Å². The Kier molecular flexibility index (Phi) is 11.5. The van der Waals surface area contributed by atoms with Gasteiger partial charge in [0.2, 0.25) is 0 Å². The Hall–Kier alpha value is -0.0800. The molecule has 1 fully saturated rings.